The molecule has 0 saturated heterocycles. The molecule has 28 heavy (non-hydrogen) atoms. The highest BCUT2D eigenvalue weighted by molar-refractivity contribution is 8.00. The molecule has 140 valence electrons. The molecule has 0 fully saturated rings. The van der Waals surface area contributed by atoms with Gasteiger partial charge in [-0.1, -0.05) is 34.6 Å². The van der Waals surface area contributed by atoms with E-state index in [9.17, 15) is 9.18 Å². The van der Waals surface area contributed by atoms with Gasteiger partial charge in [-0.15, -0.1) is 5.10 Å². The number of fused-ring (bicyclic) bond motifs is 1. The van der Waals surface area contributed by atoms with Gasteiger partial charge in [0.2, 0.25) is 5.91 Å². The molecule has 2 aromatic carbocycles. The third kappa shape index (κ3) is 3.95. The first kappa shape index (κ1) is 18.3. The van der Waals surface area contributed by atoms with Gasteiger partial charge >= 0.3 is 0 Å². The summed E-state index contributed by atoms with van der Waals surface area (Å²) in [6.45, 7) is 0. The number of carbonyl (C=O) groups is 1. The molecule has 1 N–H and O–H groups in total. The van der Waals surface area contributed by atoms with Crippen LogP contribution >= 0.6 is 23.4 Å². The molecular formula is C18H12ClFN6OS. The molecule has 0 bridgehead atoms. The Balaban J connectivity index is 1.51. The zero-order chi connectivity index (χ0) is 19.5. The predicted octanol–water partition coefficient (Wildman–Crippen LogP) is 3.73. The number of hydrogen-bond donors (Lipinski definition) is 1. The largest absolute Gasteiger partial charge is 0.325 e. The number of benzene rings is 2. The lowest BCUT2D eigenvalue weighted by atomic mass is 10.3. The van der Waals surface area contributed by atoms with Crippen LogP contribution in [0.15, 0.2) is 59.9 Å². The van der Waals surface area contributed by atoms with E-state index in [4.69, 9.17) is 11.6 Å². The van der Waals surface area contributed by atoms with Crippen molar-refractivity contribution >= 4 is 46.1 Å². The number of hydrogen-bond acceptors (Lipinski definition) is 6. The van der Waals surface area contributed by atoms with Crippen molar-refractivity contribution in [2.75, 3.05) is 11.1 Å². The van der Waals surface area contributed by atoms with Crippen molar-refractivity contribution in [3.8, 4) is 5.69 Å². The number of amides is 1. The number of nitrogens with one attached hydrogen (secondary N) is 1. The van der Waals surface area contributed by atoms with Gasteiger partial charge in [-0.25, -0.2) is 14.4 Å². The SMILES string of the molecule is O=C(CSc1ncnc2c1nnn2-c1ccc(F)cc1)Nc1cccc(Cl)c1. The molecule has 10 heteroatoms. The van der Waals surface area contributed by atoms with Gasteiger partial charge in [0.15, 0.2) is 11.2 Å². The third-order valence-electron chi connectivity index (χ3n) is 3.72. The van der Waals surface area contributed by atoms with Crippen molar-refractivity contribution < 1.29 is 9.18 Å². The second-order valence-electron chi connectivity index (χ2n) is 5.68. The van der Waals surface area contributed by atoms with Crippen LogP contribution in [0.5, 0.6) is 0 Å². The number of halogens is 2. The Morgan fingerprint density at radius 2 is 2.00 bits per heavy atom. The Morgan fingerprint density at radius 3 is 2.79 bits per heavy atom. The van der Waals surface area contributed by atoms with Crippen LogP contribution < -0.4 is 5.32 Å². The van der Waals surface area contributed by atoms with Crippen molar-refractivity contribution in [1.82, 2.24) is 25.0 Å². The summed E-state index contributed by atoms with van der Waals surface area (Å²) in [6.07, 6.45) is 1.38. The third-order valence-corrected chi connectivity index (χ3v) is 4.94. The maximum atomic E-state index is 13.1. The van der Waals surface area contributed by atoms with E-state index in [-0.39, 0.29) is 17.5 Å². The van der Waals surface area contributed by atoms with Crippen LogP contribution in [-0.4, -0.2) is 36.6 Å². The van der Waals surface area contributed by atoms with Gasteiger partial charge < -0.3 is 5.32 Å². The molecule has 2 aromatic heterocycles. The minimum absolute atomic E-state index is 0.127. The lowest BCUT2D eigenvalue weighted by molar-refractivity contribution is -0.113. The Kier molecular flexibility index (Phi) is 5.18. The molecule has 0 aliphatic rings. The minimum atomic E-state index is -0.343. The van der Waals surface area contributed by atoms with Gasteiger partial charge in [-0.2, -0.15) is 4.68 Å². The van der Waals surface area contributed by atoms with Crippen molar-refractivity contribution in [2.24, 2.45) is 0 Å². The quantitative estimate of drug-likeness (QED) is 0.395. The molecule has 0 aliphatic heterocycles. The first-order valence-electron chi connectivity index (χ1n) is 8.11. The Morgan fingerprint density at radius 1 is 1.18 bits per heavy atom. The van der Waals surface area contributed by atoms with E-state index in [2.05, 4.69) is 25.6 Å². The van der Waals surface area contributed by atoms with Gasteiger partial charge in [0.05, 0.1) is 11.4 Å². The van der Waals surface area contributed by atoms with E-state index < -0.39 is 0 Å². The molecular weight excluding hydrogens is 403 g/mol. The van der Waals surface area contributed by atoms with Crippen molar-refractivity contribution in [3.63, 3.8) is 0 Å². The predicted molar refractivity (Wildman–Crippen MR) is 105 cm³/mol. The van der Waals surface area contributed by atoms with E-state index in [0.717, 1.165) is 0 Å². The van der Waals surface area contributed by atoms with E-state index in [0.29, 0.717) is 32.6 Å². The smallest absolute Gasteiger partial charge is 0.234 e. The van der Waals surface area contributed by atoms with Crippen molar-refractivity contribution in [3.05, 3.63) is 65.7 Å². The van der Waals surface area contributed by atoms with Gasteiger partial charge in [-0.3, -0.25) is 4.79 Å². The number of nitrogens with zero attached hydrogens (tertiary/aromatic N) is 5. The molecule has 0 saturated carbocycles. The maximum Gasteiger partial charge on any atom is 0.234 e. The summed E-state index contributed by atoms with van der Waals surface area (Å²) in [5.74, 6) is -0.420. The molecule has 0 spiro atoms. The summed E-state index contributed by atoms with van der Waals surface area (Å²) in [4.78, 5) is 20.6. The second-order valence-corrected chi connectivity index (χ2v) is 7.08. The summed E-state index contributed by atoms with van der Waals surface area (Å²) in [5.41, 5.74) is 2.18. The van der Waals surface area contributed by atoms with E-state index in [1.807, 2.05) is 0 Å². The zero-order valence-electron chi connectivity index (χ0n) is 14.2. The van der Waals surface area contributed by atoms with Crippen LogP contribution in [0.3, 0.4) is 0 Å². The zero-order valence-corrected chi connectivity index (χ0v) is 15.8. The van der Waals surface area contributed by atoms with Gasteiger partial charge in [0, 0.05) is 10.7 Å². The summed E-state index contributed by atoms with van der Waals surface area (Å²) < 4.78 is 14.6. The monoisotopic (exact) mass is 414 g/mol. The van der Waals surface area contributed by atoms with Gasteiger partial charge in [-0.05, 0) is 42.5 Å². The van der Waals surface area contributed by atoms with E-state index >= 15 is 0 Å². The molecule has 0 unspecified atom stereocenters. The molecule has 4 rings (SSSR count). The van der Waals surface area contributed by atoms with Crippen LogP contribution in [0, 0.1) is 5.82 Å². The average Bonchev–Trinajstić information content (AvgIpc) is 3.12. The topological polar surface area (TPSA) is 85.6 Å². The maximum absolute atomic E-state index is 13.1. The van der Waals surface area contributed by atoms with E-state index in [1.54, 1.807) is 36.4 Å². The van der Waals surface area contributed by atoms with Crippen LogP contribution in [0.25, 0.3) is 16.9 Å². The molecule has 1 amide bonds. The summed E-state index contributed by atoms with van der Waals surface area (Å²) >= 11 is 7.14. The van der Waals surface area contributed by atoms with Gasteiger partial charge in [0.25, 0.3) is 0 Å². The first-order valence-corrected chi connectivity index (χ1v) is 9.47. The molecule has 0 radical (unpaired) electrons. The fourth-order valence-corrected chi connectivity index (χ4v) is 3.41. The normalized spacial score (nSPS) is 10.9. The Bertz CT molecular complexity index is 1150. The van der Waals surface area contributed by atoms with Crippen LogP contribution in [-0.2, 0) is 4.79 Å². The van der Waals surface area contributed by atoms with Crippen molar-refractivity contribution in [2.45, 2.75) is 5.03 Å². The average molecular weight is 415 g/mol. The van der Waals surface area contributed by atoms with Crippen LogP contribution in [0.1, 0.15) is 0 Å². The molecule has 0 atom stereocenters. The Labute approximate surface area is 167 Å². The highest BCUT2D eigenvalue weighted by Crippen LogP contribution is 2.24. The summed E-state index contributed by atoms with van der Waals surface area (Å²) in [7, 11) is 0. The fraction of sp³-hybridized carbons (Fsp3) is 0.0556. The lowest BCUT2D eigenvalue weighted by Gasteiger charge is -2.05. The fourth-order valence-electron chi connectivity index (χ4n) is 2.49. The second kappa shape index (κ2) is 7.91. The highest BCUT2D eigenvalue weighted by atomic mass is 35.5. The first-order chi connectivity index (χ1) is 13.6. The molecule has 4 aromatic rings. The van der Waals surface area contributed by atoms with Crippen LogP contribution in [0.2, 0.25) is 5.02 Å². The summed E-state index contributed by atoms with van der Waals surface area (Å²) in [6, 6.07) is 12.7. The molecule has 0 aliphatic carbocycles. The van der Waals surface area contributed by atoms with Gasteiger partial charge in [0.1, 0.15) is 17.2 Å². The number of thioether (sulfide) groups is 1. The highest BCUT2D eigenvalue weighted by Gasteiger charge is 2.15. The minimum Gasteiger partial charge on any atom is -0.325 e. The number of anilines is 1. The Hall–Kier alpha value is -3.04. The number of rotatable bonds is 5. The van der Waals surface area contributed by atoms with E-state index in [1.165, 1.54) is 34.9 Å². The lowest BCUT2D eigenvalue weighted by Crippen LogP contribution is -2.14. The molecule has 2 heterocycles. The summed E-state index contributed by atoms with van der Waals surface area (Å²) in [5, 5.41) is 12.0. The van der Waals surface area contributed by atoms with Crippen LogP contribution in [0.4, 0.5) is 10.1 Å². The van der Waals surface area contributed by atoms with Crippen molar-refractivity contribution in [1.29, 1.82) is 0 Å². The molecule has 7 nitrogen and oxygen atoms in total. The standard InChI is InChI=1S/C18H12ClFN6OS/c19-11-2-1-3-13(8-11)23-15(27)9-28-18-16-17(21-10-22-18)26(25-24-16)14-6-4-12(20)5-7-14/h1-8,10H,9H2,(H,23,27). The number of carbonyl (C=O) groups excluding carboxylic acids is 1. The number of aromatic nitrogens is 5.